The van der Waals surface area contributed by atoms with Gasteiger partial charge in [-0.25, -0.2) is 0 Å². The Morgan fingerprint density at radius 3 is 2.42 bits per heavy atom. The van der Waals surface area contributed by atoms with Gasteiger partial charge >= 0.3 is 0 Å². The van der Waals surface area contributed by atoms with E-state index in [2.05, 4.69) is 44.8 Å². The predicted octanol–water partition coefficient (Wildman–Crippen LogP) is 7.22. The zero-order valence-electron chi connectivity index (χ0n) is 32.8. The van der Waals surface area contributed by atoms with Crippen LogP contribution in [-0.4, -0.2) is 68.2 Å². The van der Waals surface area contributed by atoms with Gasteiger partial charge in [0.25, 0.3) is 11.8 Å². The lowest BCUT2D eigenvalue weighted by molar-refractivity contribution is -0.150. The third-order valence-electron chi connectivity index (χ3n) is 13.2. The van der Waals surface area contributed by atoms with Gasteiger partial charge in [0.2, 0.25) is 5.91 Å². The fourth-order valence-electron chi connectivity index (χ4n) is 10.5. The van der Waals surface area contributed by atoms with Crippen LogP contribution in [0.15, 0.2) is 116 Å². The fourth-order valence-corrected chi connectivity index (χ4v) is 14.5. The number of rotatable bonds is 9. The van der Waals surface area contributed by atoms with Gasteiger partial charge in [-0.05, 0) is 70.9 Å². The van der Waals surface area contributed by atoms with Crippen molar-refractivity contribution in [1.82, 2.24) is 4.90 Å². The highest BCUT2D eigenvalue weighted by Gasteiger charge is 2.66. The second-order valence-electron chi connectivity index (χ2n) is 16.4. The maximum atomic E-state index is 15.2. The number of anilines is 3. The van der Waals surface area contributed by atoms with Crippen molar-refractivity contribution >= 4 is 58.8 Å². The Hall–Kier alpha value is -5.55. The number of hydrogen-bond acceptors (Lipinski definition) is 6. The van der Waals surface area contributed by atoms with Crippen molar-refractivity contribution in [3.63, 3.8) is 0 Å². The molecule has 10 heteroatoms. The zero-order valence-corrected chi connectivity index (χ0v) is 33.8. The molecule has 5 aromatic rings. The molecule has 0 bridgehead atoms. The number of aliphatic hydroxyl groups is 1. The van der Waals surface area contributed by atoms with E-state index in [0.717, 1.165) is 38.5 Å². The van der Waals surface area contributed by atoms with Crippen molar-refractivity contribution in [3.8, 4) is 5.75 Å². The molecule has 4 aliphatic rings. The Morgan fingerprint density at radius 2 is 1.70 bits per heavy atom. The molecule has 1 fully saturated rings. The van der Waals surface area contributed by atoms with Crippen LogP contribution in [0.2, 0.25) is 18.6 Å². The lowest BCUT2D eigenvalue weighted by Gasteiger charge is -2.39. The normalized spacial score (nSPS) is 23.7. The summed E-state index contributed by atoms with van der Waals surface area (Å²) in [5.74, 6) is -0.0388. The van der Waals surface area contributed by atoms with Crippen molar-refractivity contribution in [2.45, 2.75) is 62.7 Å². The number of fused-ring (bicyclic) bond motifs is 3. The summed E-state index contributed by atoms with van der Waals surface area (Å²) in [7, 11) is -0.925. The third-order valence-corrected chi connectivity index (χ3v) is 17.6. The lowest BCUT2D eigenvalue weighted by Crippen LogP contribution is -2.52. The lowest BCUT2D eigenvalue weighted by atomic mass is 9.82. The molecule has 1 N–H and O–H groups in total. The molecule has 5 aromatic carbocycles. The van der Waals surface area contributed by atoms with Crippen LogP contribution in [0, 0.1) is 5.92 Å². The first-order valence-electron chi connectivity index (χ1n) is 19.8. The van der Waals surface area contributed by atoms with Gasteiger partial charge in [0, 0.05) is 35.6 Å². The minimum absolute atomic E-state index is 0.0493. The summed E-state index contributed by atoms with van der Waals surface area (Å²) in [5.41, 5.74) is 4.06. The van der Waals surface area contributed by atoms with Crippen LogP contribution in [-0.2, 0) is 32.9 Å². The molecular formula is C47H47N3O6Si. The number of hydrogen-bond donors (Lipinski definition) is 1. The van der Waals surface area contributed by atoms with E-state index in [4.69, 9.17) is 9.47 Å². The van der Waals surface area contributed by atoms with Crippen molar-refractivity contribution in [3.05, 3.63) is 138 Å². The summed E-state index contributed by atoms with van der Waals surface area (Å²) < 4.78 is 12.9. The molecule has 0 saturated carbocycles. The van der Waals surface area contributed by atoms with Gasteiger partial charge in [0.1, 0.15) is 5.75 Å². The van der Waals surface area contributed by atoms with Crippen LogP contribution in [0.25, 0.3) is 10.8 Å². The first kappa shape index (κ1) is 37.0. The molecule has 9 nitrogen and oxygen atoms in total. The topological polar surface area (TPSA) is 99.6 Å². The summed E-state index contributed by atoms with van der Waals surface area (Å²) in [5, 5.41) is 13.6. The second kappa shape index (κ2) is 13.8. The van der Waals surface area contributed by atoms with E-state index in [1.165, 1.54) is 0 Å². The van der Waals surface area contributed by atoms with E-state index in [-0.39, 0.29) is 54.8 Å². The van der Waals surface area contributed by atoms with Crippen LogP contribution in [0.4, 0.5) is 17.1 Å². The minimum atomic E-state index is -2.57. The van der Waals surface area contributed by atoms with Gasteiger partial charge in [0.15, 0.2) is 5.60 Å². The molecule has 4 heterocycles. The molecule has 1 saturated heterocycles. The fraction of sp³-hybridized carbons (Fsp3) is 0.298. The molecule has 290 valence electrons. The first-order chi connectivity index (χ1) is 27.5. The van der Waals surface area contributed by atoms with Crippen LogP contribution in [0.3, 0.4) is 0 Å². The van der Waals surface area contributed by atoms with Crippen LogP contribution in [0.5, 0.6) is 5.75 Å². The van der Waals surface area contributed by atoms with E-state index >= 15 is 4.79 Å². The quantitative estimate of drug-likeness (QED) is 0.125. The van der Waals surface area contributed by atoms with Crippen LogP contribution < -0.4 is 19.7 Å². The standard InChI is InChI=1S/C47H47N3O6Si/c1-6-23-48-39-22-17-33(50-40-16-10-14-30-13-9-15-37(43(30)40)45(50)53)25-38(39)47(46(48)54)29(2)44(57(4,5)36-20-18-35(55-3)19-21-36)41(56-47)26-42(52)49-27-32-12-8-7-11-31(32)24-34(49)28-51/h6-22,25,29,34,41,44,51H,1,23-24,26-28H2,2-5H3/t29-,34-,41+,44-,47+/m0/s1. The highest BCUT2D eigenvalue weighted by Crippen LogP contribution is 2.61. The Morgan fingerprint density at radius 1 is 0.965 bits per heavy atom. The second-order valence-corrected chi connectivity index (χ2v) is 21.1. The number of carbonyl (C=O) groups excluding carboxylic acids is 3. The number of benzene rings is 5. The van der Waals surface area contributed by atoms with Gasteiger partial charge in [-0.15, -0.1) is 6.58 Å². The minimum Gasteiger partial charge on any atom is -0.497 e. The molecule has 0 radical (unpaired) electrons. The summed E-state index contributed by atoms with van der Waals surface area (Å²) in [6.07, 6.45) is 1.71. The maximum Gasteiger partial charge on any atom is 0.264 e. The monoisotopic (exact) mass is 777 g/mol. The zero-order chi connectivity index (χ0) is 39.8. The molecule has 4 aliphatic heterocycles. The molecule has 0 unspecified atom stereocenters. The maximum absolute atomic E-state index is 15.2. The highest BCUT2D eigenvalue weighted by atomic mass is 28.3. The Bertz CT molecular complexity index is 2460. The molecule has 3 amide bonds. The smallest absolute Gasteiger partial charge is 0.264 e. The van der Waals surface area contributed by atoms with Gasteiger partial charge in [-0.1, -0.05) is 91.9 Å². The van der Waals surface area contributed by atoms with Gasteiger partial charge < -0.3 is 24.4 Å². The number of nitrogens with zero attached hydrogens (tertiary/aromatic N) is 3. The van der Waals surface area contributed by atoms with E-state index in [9.17, 15) is 14.7 Å². The Balaban J connectivity index is 1.16. The van der Waals surface area contributed by atoms with E-state index in [1.807, 2.05) is 84.9 Å². The number of aliphatic hydroxyl groups excluding tert-OH is 1. The molecule has 9 rings (SSSR count). The van der Waals surface area contributed by atoms with Gasteiger partial charge in [-0.2, -0.15) is 0 Å². The summed E-state index contributed by atoms with van der Waals surface area (Å²) in [6.45, 7) is 11.2. The summed E-state index contributed by atoms with van der Waals surface area (Å²) in [4.78, 5) is 49.3. The molecule has 0 aromatic heterocycles. The SMILES string of the molecule is C=CCN1C(=O)[C@]2(O[C@H](CC(=O)N3Cc4ccccc4C[C@H]3CO)[C@@H]([Si](C)(C)c3ccc(OC)cc3)[C@@H]2C)c2cc(N3C(=O)c4cccc5cccc3c45)ccc21. The highest BCUT2D eigenvalue weighted by molar-refractivity contribution is 6.91. The molecule has 1 spiro atoms. The van der Waals surface area contributed by atoms with Crippen molar-refractivity contribution in [2.24, 2.45) is 5.92 Å². The van der Waals surface area contributed by atoms with Crippen LogP contribution >= 0.6 is 0 Å². The third kappa shape index (κ3) is 5.52. The van der Waals surface area contributed by atoms with E-state index < -0.39 is 19.8 Å². The van der Waals surface area contributed by atoms with Crippen molar-refractivity contribution in [2.75, 3.05) is 30.1 Å². The first-order valence-corrected chi connectivity index (χ1v) is 22.8. The number of amides is 3. The van der Waals surface area contributed by atoms with Gasteiger partial charge in [-0.3, -0.25) is 19.3 Å². The van der Waals surface area contributed by atoms with E-state index in [1.54, 1.807) is 27.9 Å². The van der Waals surface area contributed by atoms with Crippen LogP contribution in [0.1, 0.15) is 40.4 Å². The molecular weight excluding hydrogens is 731 g/mol. The van der Waals surface area contributed by atoms with Crippen molar-refractivity contribution in [1.29, 1.82) is 0 Å². The number of ether oxygens (including phenoxy) is 2. The summed E-state index contributed by atoms with van der Waals surface area (Å²) in [6, 6.07) is 33.4. The molecule has 0 aliphatic carbocycles. The average molecular weight is 778 g/mol. The predicted molar refractivity (Wildman–Crippen MR) is 225 cm³/mol. The average Bonchev–Trinajstić information content (AvgIpc) is 3.78. The van der Waals surface area contributed by atoms with E-state index in [0.29, 0.717) is 35.5 Å². The van der Waals surface area contributed by atoms with Crippen molar-refractivity contribution < 1.29 is 29.0 Å². The number of methoxy groups -OCH3 is 1. The van der Waals surface area contributed by atoms with Gasteiger partial charge in [0.05, 0.1) is 57.3 Å². The molecule has 5 atom stereocenters. The molecule has 57 heavy (non-hydrogen) atoms. The Kier molecular flexibility index (Phi) is 8.99. The summed E-state index contributed by atoms with van der Waals surface area (Å²) >= 11 is 0. The largest absolute Gasteiger partial charge is 0.497 e. The Labute approximate surface area is 334 Å². The number of carbonyl (C=O) groups is 3.